The van der Waals surface area contributed by atoms with E-state index in [0.717, 1.165) is 32.1 Å². The lowest BCUT2D eigenvalue weighted by Crippen LogP contribution is -2.52. The Morgan fingerprint density at radius 2 is 0.901 bits per heavy atom. The van der Waals surface area contributed by atoms with Gasteiger partial charge >= 0.3 is 48.8 Å². The van der Waals surface area contributed by atoms with Gasteiger partial charge in [-0.15, -0.1) is 12.4 Å². The molecular weight excluding hydrogens is 1010 g/mol. The highest BCUT2D eigenvalue weighted by atomic mass is 35.5. The van der Waals surface area contributed by atoms with Crippen molar-refractivity contribution >= 4 is 36.5 Å². The minimum atomic E-state index is -5.76. The summed E-state index contributed by atoms with van der Waals surface area (Å²) >= 11 is 0. The molecule has 2 aromatic carbocycles. The molecule has 71 heavy (non-hydrogen) atoms. The van der Waals surface area contributed by atoms with Crippen molar-refractivity contribution in [1.82, 2.24) is 19.6 Å². The highest BCUT2D eigenvalue weighted by Crippen LogP contribution is 2.37. The summed E-state index contributed by atoms with van der Waals surface area (Å²) in [4.78, 5) is 51.7. The first-order valence-corrected chi connectivity index (χ1v) is 21.7. The average molecular weight is 1070 g/mol. The highest BCUT2D eigenvalue weighted by Gasteiger charge is 2.61. The van der Waals surface area contributed by atoms with Crippen molar-refractivity contribution in [2.75, 3.05) is 65.6 Å². The van der Waals surface area contributed by atoms with E-state index < -0.39 is 60.7 Å². The van der Waals surface area contributed by atoms with Gasteiger partial charge in [-0.1, -0.05) is 24.3 Å². The second kappa shape index (κ2) is 26.5. The third-order valence-corrected chi connectivity index (χ3v) is 10.1. The van der Waals surface area contributed by atoms with Crippen LogP contribution in [-0.2, 0) is 36.9 Å². The van der Waals surface area contributed by atoms with Gasteiger partial charge in [-0.25, -0.2) is 9.59 Å². The van der Waals surface area contributed by atoms with Crippen LogP contribution in [0.5, 0.6) is 11.5 Å². The van der Waals surface area contributed by atoms with Gasteiger partial charge in [0.05, 0.1) is 13.2 Å². The summed E-state index contributed by atoms with van der Waals surface area (Å²) in [6, 6.07) is 11.0. The van der Waals surface area contributed by atoms with Gasteiger partial charge in [-0.05, 0) is 70.7 Å². The van der Waals surface area contributed by atoms with Crippen molar-refractivity contribution in [2.24, 2.45) is 0 Å². The zero-order valence-electron chi connectivity index (χ0n) is 39.3. The first-order chi connectivity index (χ1) is 32.2. The second-order valence-corrected chi connectivity index (χ2v) is 17.3. The number of halogens is 13. The molecule has 0 bridgehead atoms. The number of nitrogens with zero attached hydrogens (tertiary/aromatic N) is 4. The second-order valence-electron chi connectivity index (χ2n) is 17.3. The number of esters is 1. The van der Waals surface area contributed by atoms with E-state index in [2.05, 4.69) is 9.47 Å². The fourth-order valence-electron chi connectivity index (χ4n) is 6.70. The standard InChI is InChI=1S/C24H32F6N2O5.C20H24F6N2O5.ClH/c1-16-7-8-17(18(14-16)35-13-5-6-19(33)37-22(2,3)4)15-31-9-11-32(12-10-31)21(34)36-20(23(25,26)27)24(28,29)30;1-13-4-5-14(15(11-13)32-10-2-3-16(29)30)12-27-6-8-28(9-7-27)18(31)33-17(19(21,22)23)20(24,25)26;/h7-8,14,20H,5-6,9-13,15H2,1-4H3;4-5,11,17H,2-3,6-10,12H2,1H3,(H,29,30);1H. The molecular formula is C44H57ClF12N4O10. The summed E-state index contributed by atoms with van der Waals surface area (Å²) in [5.41, 5.74) is 2.89. The summed E-state index contributed by atoms with van der Waals surface area (Å²) in [7, 11) is 0. The Hall–Kier alpha value is -5.11. The number of rotatable bonds is 16. The van der Waals surface area contributed by atoms with Gasteiger partial charge in [0.15, 0.2) is 0 Å². The van der Waals surface area contributed by atoms with Crippen LogP contribution in [0.4, 0.5) is 62.3 Å². The molecule has 0 radical (unpaired) electrons. The number of aryl methyl sites for hydroxylation is 2. The van der Waals surface area contributed by atoms with Gasteiger partial charge in [0, 0.05) is 89.4 Å². The molecule has 0 aliphatic carbocycles. The third-order valence-electron chi connectivity index (χ3n) is 10.1. The van der Waals surface area contributed by atoms with E-state index in [-0.39, 0.29) is 96.8 Å². The number of carbonyl (C=O) groups excluding carboxylic acids is 3. The number of hydrogen-bond acceptors (Lipinski definition) is 11. The number of amides is 2. The van der Waals surface area contributed by atoms with Crippen molar-refractivity contribution in [1.29, 1.82) is 0 Å². The van der Waals surface area contributed by atoms with Crippen LogP contribution in [0, 0.1) is 13.8 Å². The normalized spacial score (nSPS) is 15.4. The van der Waals surface area contributed by atoms with E-state index in [4.69, 9.17) is 19.3 Å². The number of aliphatic carboxylic acids is 1. The topological polar surface area (TPSA) is 148 Å². The number of carboxylic acids is 1. The van der Waals surface area contributed by atoms with Crippen LogP contribution in [0.25, 0.3) is 0 Å². The number of hydrogen-bond donors (Lipinski definition) is 1. The molecule has 2 aliphatic heterocycles. The van der Waals surface area contributed by atoms with E-state index >= 15 is 0 Å². The number of carbonyl (C=O) groups is 4. The zero-order valence-corrected chi connectivity index (χ0v) is 40.1. The number of carboxylic acid groups (broad SMARTS) is 1. The molecule has 2 saturated heterocycles. The number of ether oxygens (including phenoxy) is 5. The van der Waals surface area contributed by atoms with Crippen LogP contribution in [0.1, 0.15) is 68.7 Å². The van der Waals surface area contributed by atoms with E-state index in [9.17, 15) is 71.9 Å². The van der Waals surface area contributed by atoms with Crippen LogP contribution >= 0.6 is 12.4 Å². The van der Waals surface area contributed by atoms with E-state index in [1.54, 1.807) is 26.8 Å². The van der Waals surface area contributed by atoms with E-state index in [1.165, 1.54) is 0 Å². The summed E-state index contributed by atoms with van der Waals surface area (Å²) in [6.45, 7) is 10.7. The molecule has 2 aliphatic rings. The predicted molar refractivity (Wildman–Crippen MR) is 231 cm³/mol. The highest BCUT2D eigenvalue weighted by molar-refractivity contribution is 5.85. The third kappa shape index (κ3) is 22.0. The fourth-order valence-corrected chi connectivity index (χ4v) is 6.70. The Bertz CT molecular complexity index is 2010. The molecule has 0 unspecified atom stereocenters. The van der Waals surface area contributed by atoms with Crippen LogP contribution in [0.3, 0.4) is 0 Å². The summed E-state index contributed by atoms with van der Waals surface area (Å²) < 4.78 is 176. The molecule has 0 saturated carbocycles. The number of alkyl halides is 12. The first-order valence-electron chi connectivity index (χ1n) is 21.7. The molecule has 2 heterocycles. The van der Waals surface area contributed by atoms with Crippen LogP contribution in [0.15, 0.2) is 36.4 Å². The van der Waals surface area contributed by atoms with Crippen molar-refractivity contribution in [3.05, 3.63) is 58.7 Å². The first kappa shape index (κ1) is 62.0. The molecule has 1 N–H and O–H groups in total. The largest absolute Gasteiger partial charge is 0.493 e. The van der Waals surface area contributed by atoms with E-state index in [0.29, 0.717) is 37.4 Å². The van der Waals surface area contributed by atoms with Crippen molar-refractivity contribution in [3.63, 3.8) is 0 Å². The smallest absolute Gasteiger partial charge is 0.434 e. The molecule has 27 heteroatoms. The fraction of sp³-hybridized carbons (Fsp3) is 0.636. The number of benzene rings is 2. The van der Waals surface area contributed by atoms with Crippen molar-refractivity contribution in [2.45, 2.75) is 116 Å². The predicted octanol–water partition coefficient (Wildman–Crippen LogP) is 9.65. The summed E-state index contributed by atoms with van der Waals surface area (Å²) in [5, 5.41) is 8.70. The van der Waals surface area contributed by atoms with Gasteiger partial charge in [0.2, 0.25) is 0 Å². The molecule has 404 valence electrons. The SMILES string of the molecule is Cc1ccc(CN2CCN(C(=O)OC(C(F)(F)F)C(F)(F)F)CC2)c(OCCCC(=O)O)c1.Cc1ccc(CN2CCN(C(=O)OC(C(F)(F)F)C(F)(F)F)CC2)c(OCCCC(=O)OC(C)(C)C)c1.Cl. The van der Waals surface area contributed by atoms with Gasteiger partial charge in [0.25, 0.3) is 12.2 Å². The van der Waals surface area contributed by atoms with Crippen molar-refractivity contribution < 1.29 is 101 Å². The van der Waals surface area contributed by atoms with Crippen LogP contribution in [-0.4, -0.2) is 157 Å². The Labute approximate surface area is 407 Å². The molecule has 2 aromatic rings. The molecule has 2 fully saturated rings. The van der Waals surface area contributed by atoms with Crippen molar-refractivity contribution in [3.8, 4) is 11.5 Å². The molecule has 2 amide bonds. The molecule has 14 nitrogen and oxygen atoms in total. The average Bonchev–Trinajstić information content (AvgIpc) is 3.22. The molecule has 4 rings (SSSR count). The van der Waals surface area contributed by atoms with Crippen LogP contribution < -0.4 is 9.47 Å². The minimum Gasteiger partial charge on any atom is -0.493 e. The Kier molecular flexibility index (Phi) is 23.2. The zero-order chi connectivity index (χ0) is 52.8. The summed E-state index contributed by atoms with van der Waals surface area (Å²) in [6.07, 6.45) is -33.8. The van der Waals surface area contributed by atoms with Crippen LogP contribution in [0.2, 0.25) is 0 Å². The van der Waals surface area contributed by atoms with Gasteiger partial charge in [0.1, 0.15) is 17.1 Å². The minimum absolute atomic E-state index is 0. The Morgan fingerprint density at radius 3 is 1.21 bits per heavy atom. The lowest BCUT2D eigenvalue weighted by Gasteiger charge is -2.35. The molecule has 0 aromatic heterocycles. The molecule has 0 atom stereocenters. The van der Waals surface area contributed by atoms with E-state index in [1.807, 2.05) is 54.0 Å². The quantitative estimate of drug-likeness (QED) is 0.0739. The number of piperazine rings is 2. The Morgan fingerprint density at radius 1 is 0.563 bits per heavy atom. The van der Waals surface area contributed by atoms with Gasteiger partial charge < -0.3 is 38.6 Å². The lowest BCUT2D eigenvalue weighted by molar-refractivity contribution is -0.309. The summed E-state index contributed by atoms with van der Waals surface area (Å²) in [5.74, 6) is -0.102. The maximum absolute atomic E-state index is 12.7. The van der Waals surface area contributed by atoms with Gasteiger partial charge in [-0.3, -0.25) is 19.4 Å². The maximum Gasteiger partial charge on any atom is 0.434 e. The maximum atomic E-state index is 12.7. The Balaban J connectivity index is 0.000000483. The lowest BCUT2D eigenvalue weighted by atomic mass is 10.1. The molecule has 0 spiro atoms. The van der Waals surface area contributed by atoms with Gasteiger partial charge in [-0.2, -0.15) is 52.7 Å². The monoisotopic (exact) mass is 1060 g/mol.